The molecule has 0 heterocycles. The molecule has 0 saturated heterocycles. The summed E-state index contributed by atoms with van der Waals surface area (Å²) in [7, 11) is 0. The molecular weight excluding hydrogens is 192 g/mol. The first-order chi connectivity index (χ1) is 7.13. The van der Waals surface area contributed by atoms with E-state index in [4.69, 9.17) is 10.00 Å². The normalized spacial score (nSPS) is 11.9. The van der Waals surface area contributed by atoms with Crippen LogP contribution < -0.4 is 0 Å². The number of hydrogen-bond acceptors (Lipinski definition) is 4. The van der Waals surface area contributed by atoms with Crippen LogP contribution in [0, 0.1) is 17.2 Å². The zero-order chi connectivity index (χ0) is 11.7. The number of hydrogen-bond donors (Lipinski definition) is 0. The summed E-state index contributed by atoms with van der Waals surface area (Å²) in [6.07, 6.45) is 1.71. The molecule has 15 heavy (non-hydrogen) atoms. The van der Waals surface area contributed by atoms with Gasteiger partial charge in [-0.1, -0.05) is 6.08 Å². The molecule has 84 valence electrons. The maximum absolute atomic E-state index is 11.2. The molecule has 4 nitrogen and oxygen atoms in total. The minimum atomic E-state index is -0.260. The molecule has 0 aliphatic carbocycles. The number of esters is 1. The van der Waals surface area contributed by atoms with Crippen molar-refractivity contribution >= 4 is 5.97 Å². The minimum Gasteiger partial charge on any atom is -0.465 e. The minimum absolute atomic E-state index is 0.0978. The summed E-state index contributed by atoms with van der Waals surface area (Å²) in [6.45, 7) is 8.95. The van der Waals surface area contributed by atoms with Gasteiger partial charge in [0, 0.05) is 13.1 Å². The van der Waals surface area contributed by atoms with Crippen LogP contribution in [0.15, 0.2) is 12.7 Å². The molecule has 0 aliphatic heterocycles. The second-order valence-corrected chi connectivity index (χ2v) is 3.32. The van der Waals surface area contributed by atoms with Gasteiger partial charge in [-0.25, -0.2) is 0 Å². The second-order valence-electron chi connectivity index (χ2n) is 3.32. The van der Waals surface area contributed by atoms with E-state index in [1.807, 2.05) is 11.8 Å². The van der Waals surface area contributed by atoms with Crippen LogP contribution in [0.3, 0.4) is 0 Å². The van der Waals surface area contributed by atoms with Gasteiger partial charge in [-0.05, 0) is 13.8 Å². The van der Waals surface area contributed by atoms with E-state index in [-0.39, 0.29) is 18.4 Å². The van der Waals surface area contributed by atoms with Gasteiger partial charge in [0.15, 0.2) is 0 Å². The van der Waals surface area contributed by atoms with Crippen LogP contribution in [0.25, 0.3) is 0 Å². The standard InChI is InChI=1S/C11H18N2O2/c1-4-6-13(8-10(3)7-12)9-11(14)15-5-2/h4,10H,1,5-6,8-9H2,2-3H3. The quantitative estimate of drug-likeness (QED) is 0.468. The number of nitrogens with zero attached hydrogens (tertiary/aromatic N) is 2. The fraction of sp³-hybridized carbons (Fsp3) is 0.636. The van der Waals surface area contributed by atoms with Crippen molar-refractivity contribution in [3.63, 3.8) is 0 Å². The van der Waals surface area contributed by atoms with Gasteiger partial charge in [0.2, 0.25) is 0 Å². The van der Waals surface area contributed by atoms with Gasteiger partial charge in [-0.3, -0.25) is 9.69 Å². The monoisotopic (exact) mass is 210 g/mol. The van der Waals surface area contributed by atoms with Crippen LogP contribution in [-0.2, 0) is 9.53 Å². The molecule has 4 heteroatoms. The van der Waals surface area contributed by atoms with E-state index in [9.17, 15) is 4.79 Å². The van der Waals surface area contributed by atoms with Gasteiger partial charge < -0.3 is 4.74 Å². The predicted molar refractivity (Wildman–Crippen MR) is 58.0 cm³/mol. The molecular formula is C11H18N2O2. The van der Waals surface area contributed by atoms with Crippen LogP contribution >= 0.6 is 0 Å². The van der Waals surface area contributed by atoms with Crippen molar-refractivity contribution < 1.29 is 9.53 Å². The lowest BCUT2D eigenvalue weighted by Gasteiger charge is -2.20. The molecule has 0 radical (unpaired) electrons. The highest BCUT2D eigenvalue weighted by atomic mass is 16.5. The van der Waals surface area contributed by atoms with Crippen LogP contribution in [0.5, 0.6) is 0 Å². The third-order valence-electron chi connectivity index (χ3n) is 1.80. The molecule has 0 aromatic carbocycles. The molecule has 0 aliphatic rings. The molecule has 1 unspecified atom stereocenters. The summed E-state index contributed by atoms with van der Waals surface area (Å²) in [5.41, 5.74) is 0. The first kappa shape index (κ1) is 13.7. The third-order valence-corrected chi connectivity index (χ3v) is 1.80. The lowest BCUT2D eigenvalue weighted by Crippen LogP contribution is -2.34. The molecule has 0 aromatic heterocycles. The van der Waals surface area contributed by atoms with Gasteiger partial charge in [-0.2, -0.15) is 5.26 Å². The zero-order valence-electron chi connectivity index (χ0n) is 9.40. The largest absolute Gasteiger partial charge is 0.465 e. The van der Waals surface area contributed by atoms with Gasteiger partial charge in [0.05, 0.1) is 25.1 Å². The van der Waals surface area contributed by atoms with Gasteiger partial charge in [0.1, 0.15) is 0 Å². The van der Waals surface area contributed by atoms with Crippen molar-refractivity contribution in [3.05, 3.63) is 12.7 Å². The average Bonchev–Trinajstić information content (AvgIpc) is 2.18. The summed E-state index contributed by atoms with van der Waals surface area (Å²) in [4.78, 5) is 13.1. The fourth-order valence-electron chi connectivity index (χ4n) is 1.20. The van der Waals surface area contributed by atoms with Crippen molar-refractivity contribution in [2.24, 2.45) is 5.92 Å². The highest BCUT2D eigenvalue weighted by Gasteiger charge is 2.12. The molecule has 0 amide bonds. The van der Waals surface area contributed by atoms with Crippen molar-refractivity contribution in [3.8, 4) is 6.07 Å². The second kappa shape index (κ2) is 8.01. The smallest absolute Gasteiger partial charge is 0.320 e. The van der Waals surface area contributed by atoms with Crippen LogP contribution in [0.2, 0.25) is 0 Å². The Bertz CT molecular complexity index is 245. The van der Waals surface area contributed by atoms with Crippen molar-refractivity contribution in [2.75, 3.05) is 26.2 Å². The van der Waals surface area contributed by atoms with E-state index in [0.29, 0.717) is 19.7 Å². The summed E-state index contributed by atoms with van der Waals surface area (Å²) < 4.78 is 4.84. The van der Waals surface area contributed by atoms with Gasteiger partial charge in [-0.15, -0.1) is 6.58 Å². The molecule has 0 saturated carbocycles. The molecule has 0 N–H and O–H groups in total. The Morgan fingerprint density at radius 1 is 1.73 bits per heavy atom. The highest BCUT2D eigenvalue weighted by Crippen LogP contribution is 1.99. The molecule has 0 rings (SSSR count). The molecule has 0 bridgehead atoms. The Morgan fingerprint density at radius 2 is 2.40 bits per heavy atom. The molecule has 1 atom stereocenters. The Hall–Kier alpha value is -1.34. The Kier molecular flexibility index (Phi) is 7.29. The number of carbonyl (C=O) groups is 1. The molecule has 0 aromatic rings. The maximum atomic E-state index is 11.2. The Morgan fingerprint density at radius 3 is 2.87 bits per heavy atom. The Balaban J connectivity index is 4.09. The number of nitriles is 1. The summed E-state index contributed by atoms with van der Waals surface area (Å²) in [5, 5.41) is 8.67. The van der Waals surface area contributed by atoms with E-state index >= 15 is 0 Å². The first-order valence-electron chi connectivity index (χ1n) is 5.02. The maximum Gasteiger partial charge on any atom is 0.320 e. The predicted octanol–water partition coefficient (Wildman–Crippen LogP) is 1.20. The topological polar surface area (TPSA) is 53.3 Å². The third kappa shape index (κ3) is 6.69. The van der Waals surface area contributed by atoms with Crippen LogP contribution in [0.4, 0.5) is 0 Å². The zero-order valence-corrected chi connectivity index (χ0v) is 9.40. The van der Waals surface area contributed by atoms with Crippen LogP contribution in [-0.4, -0.2) is 37.1 Å². The summed E-state index contributed by atoms with van der Waals surface area (Å²) >= 11 is 0. The molecule has 0 fully saturated rings. The SMILES string of the molecule is C=CCN(CC(=O)OCC)CC(C)C#N. The van der Waals surface area contributed by atoms with Crippen molar-refractivity contribution in [1.82, 2.24) is 4.90 Å². The van der Waals surface area contributed by atoms with Crippen LogP contribution in [0.1, 0.15) is 13.8 Å². The Labute approximate surface area is 91.1 Å². The summed E-state index contributed by atoms with van der Waals surface area (Å²) in [6, 6.07) is 2.13. The average molecular weight is 210 g/mol. The lowest BCUT2D eigenvalue weighted by atomic mass is 10.2. The lowest BCUT2D eigenvalue weighted by molar-refractivity contribution is -0.144. The van der Waals surface area contributed by atoms with E-state index in [1.165, 1.54) is 0 Å². The molecule has 0 spiro atoms. The fourth-order valence-corrected chi connectivity index (χ4v) is 1.20. The number of rotatable bonds is 7. The van der Waals surface area contributed by atoms with E-state index in [2.05, 4.69) is 12.6 Å². The first-order valence-corrected chi connectivity index (χ1v) is 5.02. The van der Waals surface area contributed by atoms with E-state index in [0.717, 1.165) is 0 Å². The highest BCUT2D eigenvalue weighted by molar-refractivity contribution is 5.71. The van der Waals surface area contributed by atoms with Gasteiger partial charge in [0.25, 0.3) is 0 Å². The summed E-state index contributed by atoms with van der Waals surface area (Å²) in [5.74, 6) is -0.358. The van der Waals surface area contributed by atoms with E-state index < -0.39 is 0 Å². The van der Waals surface area contributed by atoms with Crippen molar-refractivity contribution in [1.29, 1.82) is 5.26 Å². The number of ether oxygens (including phenoxy) is 1. The van der Waals surface area contributed by atoms with Crippen molar-refractivity contribution in [2.45, 2.75) is 13.8 Å². The van der Waals surface area contributed by atoms with Gasteiger partial charge >= 0.3 is 5.97 Å². The number of carbonyl (C=O) groups excluding carboxylic acids is 1. The van der Waals surface area contributed by atoms with E-state index in [1.54, 1.807) is 13.0 Å².